The van der Waals surface area contributed by atoms with Gasteiger partial charge in [0.05, 0.1) is 43.9 Å². The maximum absolute atomic E-state index is 14.6. The van der Waals surface area contributed by atoms with Gasteiger partial charge >= 0.3 is 0 Å². The Morgan fingerprint density at radius 2 is 1.94 bits per heavy atom. The van der Waals surface area contributed by atoms with Gasteiger partial charge in [-0.1, -0.05) is 0 Å². The number of hydrogen-bond donors (Lipinski definition) is 1. The molecule has 1 saturated carbocycles. The topological polar surface area (TPSA) is 77.1 Å². The molecule has 1 aliphatic carbocycles. The maximum atomic E-state index is 14.6. The van der Waals surface area contributed by atoms with E-state index in [4.69, 9.17) is 14.2 Å². The SMILES string of the molecule is C[C@@H]1C[C@@]2(COCC(=O)N2)[C@@H]2COC3CCC(CC3)c3cc(F)cc(F)c3OCCC(=O)N12. The van der Waals surface area contributed by atoms with Crippen molar-refractivity contribution in [3.05, 3.63) is 29.3 Å². The summed E-state index contributed by atoms with van der Waals surface area (Å²) in [6.45, 7) is 2.58. The maximum Gasteiger partial charge on any atom is 0.246 e. The van der Waals surface area contributed by atoms with Crippen molar-refractivity contribution >= 4 is 11.8 Å². The second-order valence-electron chi connectivity index (χ2n) is 9.78. The molecule has 5 aliphatic rings. The summed E-state index contributed by atoms with van der Waals surface area (Å²) in [4.78, 5) is 27.2. The lowest BCUT2D eigenvalue weighted by Gasteiger charge is -2.42. The molecule has 4 aliphatic heterocycles. The first-order valence-corrected chi connectivity index (χ1v) is 11.8. The number of hydrogen-bond acceptors (Lipinski definition) is 5. The predicted octanol–water partition coefficient (Wildman–Crippen LogP) is 2.66. The van der Waals surface area contributed by atoms with E-state index in [-0.39, 0.29) is 61.3 Å². The summed E-state index contributed by atoms with van der Waals surface area (Å²) in [5.41, 5.74) is -0.153. The van der Waals surface area contributed by atoms with Gasteiger partial charge in [-0.3, -0.25) is 9.59 Å². The van der Waals surface area contributed by atoms with E-state index < -0.39 is 17.2 Å². The minimum Gasteiger partial charge on any atom is -0.490 e. The number of halogens is 2. The lowest BCUT2D eigenvalue weighted by atomic mass is 9.82. The zero-order valence-corrected chi connectivity index (χ0v) is 18.8. The van der Waals surface area contributed by atoms with E-state index in [1.54, 1.807) is 4.90 Å². The number of benzene rings is 1. The molecule has 3 fully saturated rings. The van der Waals surface area contributed by atoms with Gasteiger partial charge in [0.1, 0.15) is 12.4 Å². The lowest BCUT2D eigenvalue weighted by molar-refractivity contribution is -0.144. The molecule has 3 atom stereocenters. The fraction of sp³-hybridized carbons (Fsp3) is 0.667. The number of amides is 2. The van der Waals surface area contributed by atoms with E-state index in [0.29, 0.717) is 25.2 Å². The molecule has 2 bridgehead atoms. The predicted molar refractivity (Wildman–Crippen MR) is 114 cm³/mol. The van der Waals surface area contributed by atoms with Crippen molar-refractivity contribution in [2.24, 2.45) is 0 Å². The summed E-state index contributed by atoms with van der Waals surface area (Å²) in [5, 5.41) is 3.09. The fourth-order valence-electron chi connectivity index (χ4n) is 6.13. The number of carbonyl (C=O) groups excluding carboxylic acids is 2. The fourth-order valence-corrected chi connectivity index (χ4v) is 6.13. The molecule has 7 nitrogen and oxygen atoms in total. The van der Waals surface area contributed by atoms with Gasteiger partial charge in [0.25, 0.3) is 0 Å². The van der Waals surface area contributed by atoms with Gasteiger partial charge in [-0.25, -0.2) is 8.78 Å². The van der Waals surface area contributed by atoms with Crippen LogP contribution in [0.25, 0.3) is 0 Å². The van der Waals surface area contributed by atoms with Crippen LogP contribution in [0.5, 0.6) is 5.75 Å². The van der Waals surface area contributed by atoms with Crippen LogP contribution in [0, 0.1) is 11.6 Å². The van der Waals surface area contributed by atoms with Gasteiger partial charge in [-0.2, -0.15) is 0 Å². The Hall–Kier alpha value is -2.26. The molecule has 1 spiro atoms. The van der Waals surface area contributed by atoms with Gasteiger partial charge in [0.15, 0.2) is 11.6 Å². The highest BCUT2D eigenvalue weighted by atomic mass is 19.1. The van der Waals surface area contributed by atoms with Gasteiger partial charge < -0.3 is 24.4 Å². The van der Waals surface area contributed by atoms with Crippen molar-refractivity contribution in [2.45, 2.75) is 75.1 Å². The van der Waals surface area contributed by atoms with E-state index in [2.05, 4.69) is 5.32 Å². The minimum atomic E-state index is -0.739. The quantitative estimate of drug-likeness (QED) is 0.639. The average molecular weight is 465 g/mol. The molecule has 0 unspecified atom stereocenters. The van der Waals surface area contributed by atoms with Crippen LogP contribution in [-0.2, 0) is 19.1 Å². The van der Waals surface area contributed by atoms with Crippen LogP contribution >= 0.6 is 0 Å². The molecule has 9 heteroatoms. The summed E-state index contributed by atoms with van der Waals surface area (Å²) >= 11 is 0. The second kappa shape index (κ2) is 8.83. The lowest BCUT2D eigenvalue weighted by Crippen LogP contribution is -2.65. The van der Waals surface area contributed by atoms with Crippen molar-refractivity contribution < 1.29 is 32.6 Å². The number of carbonyl (C=O) groups is 2. The highest BCUT2D eigenvalue weighted by Gasteiger charge is 2.55. The van der Waals surface area contributed by atoms with E-state index >= 15 is 0 Å². The normalized spacial score (nSPS) is 34.9. The van der Waals surface area contributed by atoms with Crippen LogP contribution < -0.4 is 10.1 Å². The molecular weight excluding hydrogens is 434 g/mol. The van der Waals surface area contributed by atoms with E-state index in [1.807, 2.05) is 6.92 Å². The van der Waals surface area contributed by atoms with Gasteiger partial charge in [-0.05, 0) is 51.0 Å². The zero-order chi connectivity index (χ0) is 23.2. The standard InChI is InChI=1S/C24H30F2N2O5/c1-14-10-24(13-31-12-21(29)27-24)20-11-33-17-4-2-15(3-5-17)18-8-16(25)9-19(26)23(18)32-7-6-22(30)28(14)20/h8-9,14-15,17,20H,2-7,10-13H2,1H3,(H,27,29)/t14-,15?,17?,20+,24-/m1/s1. The molecule has 2 amide bonds. The second-order valence-corrected chi connectivity index (χ2v) is 9.78. The van der Waals surface area contributed by atoms with E-state index in [0.717, 1.165) is 31.7 Å². The molecule has 0 aromatic heterocycles. The largest absolute Gasteiger partial charge is 0.490 e. The Morgan fingerprint density at radius 1 is 1.15 bits per heavy atom. The first-order chi connectivity index (χ1) is 15.9. The first kappa shape index (κ1) is 22.5. The van der Waals surface area contributed by atoms with Crippen molar-refractivity contribution in [3.8, 4) is 5.75 Å². The zero-order valence-electron chi connectivity index (χ0n) is 18.8. The number of rotatable bonds is 0. The highest BCUT2D eigenvalue weighted by molar-refractivity contribution is 5.81. The Morgan fingerprint density at radius 3 is 2.70 bits per heavy atom. The third-order valence-electron chi connectivity index (χ3n) is 7.58. The number of fused-ring (bicyclic) bond motifs is 6. The Kier molecular flexibility index (Phi) is 6.03. The third kappa shape index (κ3) is 4.21. The van der Waals surface area contributed by atoms with Crippen LogP contribution in [0.3, 0.4) is 0 Å². The Bertz CT molecular complexity index is 936. The molecule has 180 valence electrons. The van der Waals surface area contributed by atoms with Crippen LogP contribution in [0.2, 0.25) is 0 Å². The van der Waals surface area contributed by atoms with Crippen molar-refractivity contribution in [3.63, 3.8) is 0 Å². The summed E-state index contributed by atoms with van der Waals surface area (Å²) in [6, 6.07) is 1.69. The molecule has 1 aromatic carbocycles. The molecule has 2 saturated heterocycles. The summed E-state index contributed by atoms with van der Waals surface area (Å²) in [7, 11) is 0. The first-order valence-electron chi connectivity index (χ1n) is 11.8. The van der Waals surface area contributed by atoms with Crippen LogP contribution in [0.1, 0.15) is 56.9 Å². The van der Waals surface area contributed by atoms with E-state index in [1.165, 1.54) is 6.07 Å². The highest BCUT2D eigenvalue weighted by Crippen LogP contribution is 2.42. The van der Waals surface area contributed by atoms with Crippen LogP contribution in [-0.4, -0.2) is 66.9 Å². The smallest absolute Gasteiger partial charge is 0.246 e. The van der Waals surface area contributed by atoms with Crippen LogP contribution in [0.15, 0.2) is 12.1 Å². The van der Waals surface area contributed by atoms with E-state index in [9.17, 15) is 18.4 Å². The average Bonchev–Trinajstić information content (AvgIpc) is 3.03. The third-order valence-corrected chi connectivity index (χ3v) is 7.58. The van der Waals surface area contributed by atoms with Gasteiger partial charge in [0, 0.05) is 17.7 Å². The summed E-state index contributed by atoms with van der Waals surface area (Å²) < 4.78 is 46.3. The number of nitrogens with zero attached hydrogens (tertiary/aromatic N) is 1. The Balaban J connectivity index is 1.45. The molecule has 1 N–H and O–H groups in total. The Labute approximate surface area is 191 Å². The summed E-state index contributed by atoms with van der Waals surface area (Å²) in [6.07, 6.45) is 3.55. The van der Waals surface area contributed by atoms with Gasteiger partial charge in [-0.15, -0.1) is 0 Å². The summed E-state index contributed by atoms with van der Waals surface area (Å²) in [5.74, 6) is -1.69. The molecule has 1 aromatic rings. The van der Waals surface area contributed by atoms with Gasteiger partial charge in [0.2, 0.25) is 11.8 Å². The number of morpholine rings is 1. The number of ether oxygens (including phenoxy) is 3. The monoisotopic (exact) mass is 464 g/mol. The minimum absolute atomic E-state index is 0.0150. The molecule has 0 radical (unpaired) electrons. The molecule has 6 rings (SSSR count). The van der Waals surface area contributed by atoms with Crippen molar-refractivity contribution in [1.82, 2.24) is 10.2 Å². The van der Waals surface area contributed by atoms with Crippen molar-refractivity contribution in [2.75, 3.05) is 26.4 Å². The number of nitrogens with one attached hydrogen (secondary N) is 1. The molecule has 33 heavy (non-hydrogen) atoms. The molecular formula is C24H30F2N2O5. The van der Waals surface area contributed by atoms with Crippen LogP contribution in [0.4, 0.5) is 8.78 Å². The van der Waals surface area contributed by atoms with Crippen molar-refractivity contribution in [1.29, 1.82) is 0 Å². The molecule has 4 heterocycles.